The van der Waals surface area contributed by atoms with E-state index in [0.717, 1.165) is 22.4 Å². The van der Waals surface area contributed by atoms with E-state index in [0.29, 0.717) is 26.1 Å². The van der Waals surface area contributed by atoms with E-state index in [1.165, 1.54) is 0 Å². The first-order chi connectivity index (χ1) is 14.0. The smallest absolute Gasteiger partial charge is 0.240 e. The van der Waals surface area contributed by atoms with E-state index in [4.69, 9.17) is 15.2 Å². The van der Waals surface area contributed by atoms with Gasteiger partial charge in [0.25, 0.3) is 0 Å². The predicted octanol–water partition coefficient (Wildman–Crippen LogP) is 2.65. The van der Waals surface area contributed by atoms with Gasteiger partial charge >= 0.3 is 0 Å². The SMILES string of the molecule is CC#CCOC1(c2ccccc2C)CN(C(=O)C(N)Cc2ccc(OC)cc2)C1. The van der Waals surface area contributed by atoms with Crippen LogP contribution in [0.15, 0.2) is 48.5 Å². The number of nitrogens with zero attached hydrogens (tertiary/aromatic N) is 1. The van der Waals surface area contributed by atoms with Crippen molar-refractivity contribution in [1.29, 1.82) is 0 Å². The first-order valence-electron chi connectivity index (χ1n) is 9.76. The molecule has 1 saturated heterocycles. The molecule has 1 unspecified atom stereocenters. The van der Waals surface area contributed by atoms with Crippen LogP contribution in [0.2, 0.25) is 0 Å². The van der Waals surface area contributed by atoms with Gasteiger partial charge < -0.3 is 20.1 Å². The Labute approximate surface area is 172 Å². The number of benzene rings is 2. The van der Waals surface area contributed by atoms with E-state index in [2.05, 4.69) is 30.9 Å². The Morgan fingerprint density at radius 2 is 1.90 bits per heavy atom. The molecular weight excluding hydrogens is 364 g/mol. The molecule has 2 N–H and O–H groups in total. The van der Waals surface area contributed by atoms with Gasteiger partial charge in [0.1, 0.15) is 18.0 Å². The molecular formula is C24H28N2O3. The minimum Gasteiger partial charge on any atom is -0.497 e. The van der Waals surface area contributed by atoms with Gasteiger partial charge in [-0.25, -0.2) is 0 Å². The maximum absolute atomic E-state index is 12.9. The zero-order chi connectivity index (χ0) is 20.9. The Balaban J connectivity index is 1.67. The van der Waals surface area contributed by atoms with Crippen molar-refractivity contribution in [2.45, 2.75) is 31.9 Å². The number of aryl methyl sites for hydroxylation is 1. The van der Waals surface area contributed by atoms with Gasteiger partial charge in [-0.1, -0.05) is 42.3 Å². The molecule has 2 aromatic carbocycles. The fourth-order valence-corrected chi connectivity index (χ4v) is 3.73. The third-order valence-corrected chi connectivity index (χ3v) is 5.37. The van der Waals surface area contributed by atoms with Gasteiger partial charge in [-0.3, -0.25) is 4.79 Å². The second kappa shape index (κ2) is 9.13. The minimum absolute atomic E-state index is 0.0600. The highest BCUT2D eigenvalue weighted by molar-refractivity contribution is 5.83. The Morgan fingerprint density at radius 3 is 2.52 bits per heavy atom. The van der Waals surface area contributed by atoms with Crippen LogP contribution in [0.3, 0.4) is 0 Å². The first-order valence-corrected chi connectivity index (χ1v) is 9.76. The van der Waals surface area contributed by atoms with Crippen molar-refractivity contribution >= 4 is 5.91 Å². The number of likely N-dealkylation sites (tertiary alicyclic amines) is 1. The van der Waals surface area contributed by atoms with Gasteiger partial charge in [0.05, 0.1) is 26.2 Å². The number of carbonyl (C=O) groups excluding carboxylic acids is 1. The summed E-state index contributed by atoms with van der Waals surface area (Å²) in [6.45, 7) is 5.16. The van der Waals surface area contributed by atoms with Gasteiger partial charge in [-0.2, -0.15) is 0 Å². The number of hydrogen-bond donors (Lipinski definition) is 1. The van der Waals surface area contributed by atoms with Crippen LogP contribution < -0.4 is 10.5 Å². The summed E-state index contributed by atoms with van der Waals surface area (Å²) in [5, 5.41) is 0. The molecule has 5 heteroatoms. The molecule has 1 amide bonds. The van der Waals surface area contributed by atoms with Crippen LogP contribution in [0.1, 0.15) is 23.6 Å². The highest BCUT2D eigenvalue weighted by atomic mass is 16.5. The van der Waals surface area contributed by atoms with E-state index < -0.39 is 11.6 Å². The van der Waals surface area contributed by atoms with E-state index in [9.17, 15) is 4.79 Å². The zero-order valence-electron chi connectivity index (χ0n) is 17.3. The first kappa shape index (κ1) is 20.9. The fraction of sp³-hybridized carbons (Fsp3) is 0.375. The number of hydrogen-bond acceptors (Lipinski definition) is 4. The standard InChI is InChI=1S/C24H28N2O3/c1-4-5-14-29-24(21-9-7-6-8-18(21)2)16-26(17-24)23(27)22(25)15-19-10-12-20(28-3)13-11-19/h6-13,22H,14-17,25H2,1-3H3. The minimum atomic E-state index is -0.589. The van der Waals surface area contributed by atoms with Crippen LogP contribution in [0, 0.1) is 18.8 Å². The third-order valence-electron chi connectivity index (χ3n) is 5.37. The molecule has 152 valence electrons. The van der Waals surface area contributed by atoms with Crippen molar-refractivity contribution in [3.8, 4) is 17.6 Å². The lowest BCUT2D eigenvalue weighted by molar-refractivity contribution is -0.170. The van der Waals surface area contributed by atoms with Crippen LogP contribution >= 0.6 is 0 Å². The highest BCUT2D eigenvalue weighted by Crippen LogP contribution is 2.38. The number of rotatable bonds is 7. The monoisotopic (exact) mass is 392 g/mol. The van der Waals surface area contributed by atoms with E-state index >= 15 is 0 Å². The van der Waals surface area contributed by atoms with Crippen molar-refractivity contribution in [3.63, 3.8) is 0 Å². The van der Waals surface area contributed by atoms with Crippen molar-refractivity contribution in [2.75, 3.05) is 26.8 Å². The number of methoxy groups -OCH3 is 1. The average molecular weight is 392 g/mol. The molecule has 0 aromatic heterocycles. The topological polar surface area (TPSA) is 64.8 Å². The van der Waals surface area contributed by atoms with Gasteiger partial charge in [0, 0.05) is 0 Å². The Kier molecular flexibility index (Phi) is 6.58. The summed E-state index contributed by atoms with van der Waals surface area (Å²) >= 11 is 0. The molecule has 2 aromatic rings. The Hall–Kier alpha value is -2.81. The molecule has 0 bridgehead atoms. The lowest BCUT2D eigenvalue weighted by Crippen LogP contribution is -2.65. The normalized spacial score (nSPS) is 15.7. The molecule has 5 nitrogen and oxygen atoms in total. The number of carbonyl (C=O) groups is 1. The maximum Gasteiger partial charge on any atom is 0.240 e. The average Bonchev–Trinajstić information content (AvgIpc) is 2.70. The summed E-state index contributed by atoms with van der Waals surface area (Å²) in [6.07, 6.45) is 0.485. The highest BCUT2D eigenvalue weighted by Gasteiger charge is 2.49. The Morgan fingerprint density at radius 1 is 1.21 bits per heavy atom. The summed E-state index contributed by atoms with van der Waals surface area (Å²) in [4.78, 5) is 14.7. The van der Waals surface area contributed by atoms with Gasteiger partial charge in [0.2, 0.25) is 5.91 Å². The van der Waals surface area contributed by atoms with Crippen molar-refractivity contribution in [1.82, 2.24) is 4.90 Å². The van der Waals surface area contributed by atoms with Gasteiger partial charge in [-0.05, 0) is 49.1 Å². The number of amides is 1. The van der Waals surface area contributed by atoms with Gasteiger partial charge in [0.15, 0.2) is 0 Å². The molecule has 0 spiro atoms. The quantitative estimate of drug-likeness (QED) is 0.736. The van der Waals surface area contributed by atoms with Crippen LogP contribution in [0.5, 0.6) is 5.75 Å². The van der Waals surface area contributed by atoms with Crippen LogP contribution in [0.25, 0.3) is 0 Å². The number of ether oxygens (including phenoxy) is 2. The van der Waals surface area contributed by atoms with E-state index in [1.807, 2.05) is 36.4 Å². The predicted molar refractivity (Wildman–Crippen MR) is 114 cm³/mol. The third kappa shape index (κ3) is 4.61. The summed E-state index contributed by atoms with van der Waals surface area (Å²) in [5.74, 6) is 6.54. The maximum atomic E-state index is 12.9. The second-order valence-electron chi connectivity index (χ2n) is 7.38. The molecule has 3 rings (SSSR count). The van der Waals surface area contributed by atoms with Gasteiger partial charge in [-0.15, -0.1) is 5.92 Å². The lowest BCUT2D eigenvalue weighted by atomic mass is 9.82. The largest absolute Gasteiger partial charge is 0.497 e. The lowest BCUT2D eigenvalue weighted by Gasteiger charge is -2.50. The van der Waals surface area contributed by atoms with Crippen LogP contribution in [-0.4, -0.2) is 43.7 Å². The van der Waals surface area contributed by atoms with Crippen LogP contribution in [0.4, 0.5) is 0 Å². The molecule has 29 heavy (non-hydrogen) atoms. The molecule has 0 saturated carbocycles. The zero-order valence-corrected chi connectivity index (χ0v) is 17.3. The molecule has 1 heterocycles. The summed E-state index contributed by atoms with van der Waals surface area (Å²) in [7, 11) is 1.63. The van der Waals surface area contributed by atoms with Crippen molar-refractivity contribution in [2.24, 2.45) is 5.73 Å². The molecule has 1 aliphatic heterocycles. The second-order valence-corrected chi connectivity index (χ2v) is 7.38. The molecule has 1 atom stereocenters. The molecule has 0 radical (unpaired) electrons. The summed E-state index contributed by atoms with van der Waals surface area (Å²) in [5.41, 5.74) is 8.95. The van der Waals surface area contributed by atoms with E-state index in [1.54, 1.807) is 18.9 Å². The number of nitrogens with two attached hydrogens (primary N) is 1. The van der Waals surface area contributed by atoms with E-state index in [-0.39, 0.29) is 5.91 Å². The van der Waals surface area contributed by atoms with Crippen molar-refractivity contribution in [3.05, 3.63) is 65.2 Å². The fourth-order valence-electron chi connectivity index (χ4n) is 3.73. The van der Waals surface area contributed by atoms with Crippen molar-refractivity contribution < 1.29 is 14.3 Å². The summed E-state index contributed by atoms with van der Waals surface area (Å²) in [6, 6.07) is 15.2. The molecule has 1 aliphatic rings. The Bertz CT molecular complexity index is 906. The molecule has 0 aliphatic carbocycles. The summed E-state index contributed by atoms with van der Waals surface area (Å²) < 4.78 is 11.3. The van der Waals surface area contributed by atoms with Crippen LogP contribution in [-0.2, 0) is 21.6 Å². The molecule has 1 fully saturated rings.